The molecule has 376 valence electrons. The van der Waals surface area contributed by atoms with E-state index in [9.17, 15) is 25.2 Å². The van der Waals surface area contributed by atoms with E-state index < -0.39 is 95.5 Å². The molecule has 3 aliphatic heterocycles. The van der Waals surface area contributed by atoms with Crippen LogP contribution in [0.3, 0.4) is 0 Å². The first kappa shape index (κ1) is 55.2. The summed E-state index contributed by atoms with van der Waals surface area (Å²) in [5.74, 6) is -1.30. The summed E-state index contributed by atoms with van der Waals surface area (Å²) in [7, 11) is 6.50. The molecule has 3 aliphatic rings. The Bertz CT molecular complexity index is 1640. The van der Waals surface area contributed by atoms with Gasteiger partial charge >= 0.3 is 5.97 Å². The minimum absolute atomic E-state index is 0.0802. The lowest BCUT2D eigenvalue weighted by atomic mass is 9.75. The van der Waals surface area contributed by atoms with E-state index in [1.807, 2.05) is 41.7 Å². The SMILES string of the molecule is CCCNC[C@]1(O)[C@H](C)O[C@@H](O[C@H]2[C@H](C)[C@@H](O[C@@H]3O[C@H](C)C[C@H](NC)[C@H]3Oc3ccc(OC)cc3OC)[C@](C)(O)C[C@@H](C)CN[C@H](C)[C@@H](O)[C@](C)(O)[C@@H](CC)OC(=O)[C@@H]2C)C[C@@]1(C)OC. The van der Waals surface area contributed by atoms with Gasteiger partial charge in [0.25, 0.3) is 0 Å². The molecule has 1 aromatic carbocycles. The first-order valence-corrected chi connectivity index (χ1v) is 23.7. The fourth-order valence-corrected chi connectivity index (χ4v) is 10.1. The molecule has 4 rings (SSSR count). The summed E-state index contributed by atoms with van der Waals surface area (Å²) in [5, 5.41) is 58.5. The molecule has 65 heavy (non-hydrogen) atoms. The van der Waals surface area contributed by atoms with Crippen molar-refractivity contribution in [1.82, 2.24) is 16.0 Å². The van der Waals surface area contributed by atoms with Crippen molar-refractivity contribution >= 4 is 5.97 Å². The molecule has 3 saturated heterocycles. The molecular weight excluding hydrogens is 843 g/mol. The van der Waals surface area contributed by atoms with Crippen LogP contribution in [-0.2, 0) is 33.2 Å². The Hall–Kier alpha value is -2.39. The number of hydrogen-bond acceptors (Lipinski definition) is 17. The molecule has 3 fully saturated rings. The van der Waals surface area contributed by atoms with Gasteiger partial charge in [-0.3, -0.25) is 4.79 Å². The summed E-state index contributed by atoms with van der Waals surface area (Å²) in [6, 6.07) is 4.36. The molecule has 0 bridgehead atoms. The van der Waals surface area contributed by atoms with E-state index in [-0.39, 0.29) is 43.9 Å². The molecule has 0 saturated carbocycles. The lowest BCUT2D eigenvalue weighted by Gasteiger charge is -2.53. The van der Waals surface area contributed by atoms with Crippen LogP contribution in [0.5, 0.6) is 17.2 Å². The first-order valence-electron chi connectivity index (χ1n) is 23.7. The van der Waals surface area contributed by atoms with Gasteiger partial charge in [0.1, 0.15) is 34.8 Å². The molecule has 0 spiro atoms. The number of esters is 1. The van der Waals surface area contributed by atoms with Gasteiger partial charge in [-0.05, 0) is 112 Å². The standard InChI is InChI=1S/C48H85N3O14/c1-16-20-50-26-48(56)32(8)61-38(24-46(48,10)59-15)64-39-29(5)42(65-44-40(34(49-12)21-28(4)60-44)62-35-19-18-33(57-13)22-36(35)58-14)45(9,54)23-27(3)25-51-31(7)41(52)47(11,55)37(17-2)63-43(53)30(39)6/h18-19,22,27-32,34,37-42,44,49-52,54-56H,16-17,20-21,23-26H2,1-15H3/t27-,28-,29+,30-,31-,32+,34+,37-,38+,39+,40-,41-,42-,44+,45-,46-,47-,48+/m1/s1. The smallest absolute Gasteiger partial charge is 0.311 e. The number of ether oxygens (including phenoxy) is 9. The molecule has 0 unspecified atom stereocenters. The number of carbonyl (C=O) groups is 1. The van der Waals surface area contributed by atoms with Gasteiger partial charge in [-0.25, -0.2) is 0 Å². The van der Waals surface area contributed by atoms with Gasteiger partial charge in [-0.15, -0.1) is 0 Å². The average Bonchev–Trinajstić information content (AvgIpc) is 3.26. The number of cyclic esters (lactones) is 1. The van der Waals surface area contributed by atoms with E-state index in [0.29, 0.717) is 36.8 Å². The van der Waals surface area contributed by atoms with Crippen LogP contribution in [0.4, 0.5) is 0 Å². The lowest BCUT2D eigenvalue weighted by Crippen LogP contribution is -2.70. The second kappa shape index (κ2) is 23.3. The molecule has 18 atom stereocenters. The van der Waals surface area contributed by atoms with Gasteiger partial charge in [0.2, 0.25) is 0 Å². The predicted octanol–water partition coefficient (Wildman–Crippen LogP) is 3.69. The van der Waals surface area contributed by atoms with Crippen LogP contribution in [0.2, 0.25) is 0 Å². The van der Waals surface area contributed by atoms with Crippen molar-refractivity contribution in [2.45, 2.75) is 198 Å². The van der Waals surface area contributed by atoms with Crippen molar-refractivity contribution in [3.63, 3.8) is 0 Å². The topological polar surface area (TPSA) is 217 Å². The quantitative estimate of drug-likeness (QED) is 0.0986. The normalized spacial score (nSPS) is 42.6. The minimum Gasteiger partial charge on any atom is -0.497 e. The molecule has 17 heteroatoms. The number of carbonyl (C=O) groups excluding carboxylic acids is 1. The van der Waals surface area contributed by atoms with Crippen molar-refractivity contribution in [1.29, 1.82) is 0 Å². The predicted molar refractivity (Wildman–Crippen MR) is 245 cm³/mol. The van der Waals surface area contributed by atoms with E-state index in [0.717, 1.165) is 6.42 Å². The maximum absolute atomic E-state index is 14.6. The third kappa shape index (κ3) is 12.6. The molecule has 3 heterocycles. The number of aliphatic hydroxyl groups is 4. The van der Waals surface area contributed by atoms with E-state index in [4.69, 9.17) is 42.6 Å². The van der Waals surface area contributed by atoms with Crippen molar-refractivity contribution in [2.75, 3.05) is 48.0 Å². The molecule has 0 aliphatic carbocycles. The van der Waals surface area contributed by atoms with Crippen molar-refractivity contribution in [3.05, 3.63) is 18.2 Å². The fraction of sp³-hybridized carbons (Fsp3) is 0.854. The Labute approximate surface area is 388 Å². The number of aliphatic hydroxyl groups excluding tert-OH is 1. The van der Waals surface area contributed by atoms with E-state index in [2.05, 4.69) is 16.0 Å². The number of methoxy groups -OCH3 is 3. The molecule has 0 aromatic heterocycles. The lowest BCUT2D eigenvalue weighted by molar-refractivity contribution is -0.335. The van der Waals surface area contributed by atoms with Crippen LogP contribution >= 0.6 is 0 Å². The maximum atomic E-state index is 14.6. The average molecular weight is 928 g/mol. The first-order chi connectivity index (χ1) is 30.5. The highest BCUT2D eigenvalue weighted by molar-refractivity contribution is 5.73. The van der Waals surface area contributed by atoms with Crippen LogP contribution in [0.25, 0.3) is 0 Å². The third-order valence-corrected chi connectivity index (χ3v) is 14.4. The van der Waals surface area contributed by atoms with Crippen molar-refractivity contribution in [3.8, 4) is 17.2 Å². The minimum atomic E-state index is -1.84. The number of likely N-dealkylation sites (N-methyl/N-ethyl adjacent to an activating group) is 1. The molecule has 0 amide bonds. The van der Waals surface area contributed by atoms with E-state index in [1.165, 1.54) is 6.92 Å². The fourth-order valence-electron chi connectivity index (χ4n) is 10.1. The summed E-state index contributed by atoms with van der Waals surface area (Å²) in [6.45, 7) is 21.0. The zero-order valence-corrected chi connectivity index (χ0v) is 41.8. The highest BCUT2D eigenvalue weighted by Gasteiger charge is 2.58. The number of benzene rings is 1. The van der Waals surface area contributed by atoms with Crippen LogP contribution in [-0.4, -0.2) is 164 Å². The van der Waals surface area contributed by atoms with Crippen LogP contribution in [0.1, 0.15) is 108 Å². The van der Waals surface area contributed by atoms with Gasteiger partial charge in [0.15, 0.2) is 30.2 Å². The molecule has 7 N–H and O–H groups in total. The number of hydrogen-bond donors (Lipinski definition) is 7. The Morgan fingerprint density at radius 2 is 1.60 bits per heavy atom. The van der Waals surface area contributed by atoms with Gasteiger partial charge < -0.3 is 79.0 Å². The summed E-state index contributed by atoms with van der Waals surface area (Å²) < 4.78 is 57.3. The Kier molecular flexibility index (Phi) is 19.8. The number of rotatable bonds is 15. The Morgan fingerprint density at radius 3 is 2.20 bits per heavy atom. The highest BCUT2D eigenvalue weighted by atomic mass is 16.7. The van der Waals surface area contributed by atoms with Crippen LogP contribution < -0.4 is 30.2 Å². The zero-order valence-electron chi connectivity index (χ0n) is 41.8. The van der Waals surface area contributed by atoms with Gasteiger partial charge in [0.05, 0.1) is 56.2 Å². The summed E-state index contributed by atoms with van der Waals surface area (Å²) in [4.78, 5) is 14.6. The second-order valence-corrected chi connectivity index (χ2v) is 19.7. The Morgan fingerprint density at radius 1 is 0.908 bits per heavy atom. The molecule has 1 aromatic rings. The van der Waals surface area contributed by atoms with Gasteiger partial charge in [-0.1, -0.05) is 27.7 Å². The zero-order chi connectivity index (χ0) is 48.7. The largest absolute Gasteiger partial charge is 0.497 e. The molecule has 17 nitrogen and oxygen atoms in total. The Balaban J connectivity index is 1.87. The van der Waals surface area contributed by atoms with E-state index in [1.54, 1.807) is 74.1 Å². The van der Waals surface area contributed by atoms with Gasteiger partial charge in [0, 0.05) is 38.1 Å². The summed E-state index contributed by atoms with van der Waals surface area (Å²) in [5.41, 5.74) is -6.06. The van der Waals surface area contributed by atoms with Gasteiger partial charge in [-0.2, -0.15) is 0 Å². The van der Waals surface area contributed by atoms with Crippen molar-refractivity contribution < 1.29 is 67.9 Å². The maximum Gasteiger partial charge on any atom is 0.311 e. The summed E-state index contributed by atoms with van der Waals surface area (Å²) in [6.07, 6.45) is -6.57. The van der Waals surface area contributed by atoms with Crippen molar-refractivity contribution in [2.24, 2.45) is 17.8 Å². The molecule has 0 radical (unpaired) electrons. The highest BCUT2D eigenvalue weighted by Crippen LogP contribution is 2.44. The summed E-state index contributed by atoms with van der Waals surface area (Å²) >= 11 is 0. The van der Waals surface area contributed by atoms with Crippen LogP contribution in [0, 0.1) is 17.8 Å². The van der Waals surface area contributed by atoms with Crippen LogP contribution in [0.15, 0.2) is 18.2 Å². The van der Waals surface area contributed by atoms with E-state index >= 15 is 0 Å². The molecular formula is C48H85N3O14. The third-order valence-electron chi connectivity index (χ3n) is 14.4. The second-order valence-electron chi connectivity index (χ2n) is 19.7. The number of nitrogens with one attached hydrogen (secondary N) is 3. The monoisotopic (exact) mass is 928 g/mol.